The summed E-state index contributed by atoms with van der Waals surface area (Å²) in [6.45, 7) is 3.68. The maximum absolute atomic E-state index is 10.9. The molecule has 0 bridgehead atoms. The third kappa shape index (κ3) is 3.40. The standard InChI is InChI=1S/C14H18O5/c1-5-9(6-13(15)16)14-11(18-3)7-10(17-2)8-12(14)19-4/h5,7-9H,1,6H2,2-4H3,(H,15,16). The molecule has 0 aliphatic heterocycles. The Morgan fingerprint density at radius 3 is 2.11 bits per heavy atom. The lowest BCUT2D eigenvalue weighted by molar-refractivity contribution is -0.137. The Hall–Kier alpha value is -2.17. The van der Waals surface area contributed by atoms with Gasteiger partial charge in [-0.1, -0.05) is 6.08 Å². The first kappa shape index (κ1) is 14.9. The Kier molecular flexibility index (Phi) is 5.23. The second-order valence-electron chi connectivity index (χ2n) is 3.89. The summed E-state index contributed by atoms with van der Waals surface area (Å²) in [5.41, 5.74) is 0.656. The Labute approximate surface area is 112 Å². The summed E-state index contributed by atoms with van der Waals surface area (Å²) < 4.78 is 15.7. The van der Waals surface area contributed by atoms with E-state index in [0.717, 1.165) is 0 Å². The van der Waals surface area contributed by atoms with E-state index in [1.165, 1.54) is 21.3 Å². The SMILES string of the molecule is C=CC(CC(=O)O)c1c(OC)cc(OC)cc1OC. The molecule has 1 unspecified atom stereocenters. The summed E-state index contributed by atoms with van der Waals surface area (Å²) >= 11 is 0. The van der Waals surface area contributed by atoms with Gasteiger partial charge in [0.05, 0.1) is 27.8 Å². The summed E-state index contributed by atoms with van der Waals surface area (Å²) in [6, 6.07) is 3.38. The van der Waals surface area contributed by atoms with Gasteiger partial charge in [0, 0.05) is 23.6 Å². The van der Waals surface area contributed by atoms with E-state index in [1.807, 2.05) is 0 Å². The Morgan fingerprint density at radius 1 is 1.26 bits per heavy atom. The maximum Gasteiger partial charge on any atom is 0.304 e. The van der Waals surface area contributed by atoms with Gasteiger partial charge in [-0.05, 0) is 0 Å². The highest BCUT2D eigenvalue weighted by atomic mass is 16.5. The molecule has 0 heterocycles. The average molecular weight is 266 g/mol. The molecule has 104 valence electrons. The molecule has 19 heavy (non-hydrogen) atoms. The smallest absolute Gasteiger partial charge is 0.304 e. The minimum atomic E-state index is -0.912. The van der Waals surface area contributed by atoms with Crippen molar-refractivity contribution in [1.82, 2.24) is 0 Å². The lowest BCUT2D eigenvalue weighted by Gasteiger charge is -2.19. The number of benzene rings is 1. The van der Waals surface area contributed by atoms with E-state index < -0.39 is 11.9 Å². The number of methoxy groups -OCH3 is 3. The number of carboxylic acids is 1. The molecule has 0 spiro atoms. The van der Waals surface area contributed by atoms with Crippen molar-refractivity contribution in [1.29, 1.82) is 0 Å². The van der Waals surface area contributed by atoms with Crippen molar-refractivity contribution in [2.75, 3.05) is 21.3 Å². The van der Waals surface area contributed by atoms with Crippen LogP contribution in [0, 0.1) is 0 Å². The van der Waals surface area contributed by atoms with Gasteiger partial charge in [0.15, 0.2) is 0 Å². The second kappa shape index (κ2) is 6.68. The Bertz CT molecular complexity index is 442. The fourth-order valence-electron chi connectivity index (χ4n) is 1.89. The van der Waals surface area contributed by atoms with E-state index >= 15 is 0 Å². The third-order valence-electron chi connectivity index (χ3n) is 2.80. The van der Waals surface area contributed by atoms with E-state index in [0.29, 0.717) is 22.8 Å². The van der Waals surface area contributed by atoms with Gasteiger partial charge in [-0.15, -0.1) is 6.58 Å². The van der Waals surface area contributed by atoms with E-state index in [9.17, 15) is 4.79 Å². The largest absolute Gasteiger partial charge is 0.496 e. The molecule has 0 amide bonds. The van der Waals surface area contributed by atoms with Crippen LogP contribution < -0.4 is 14.2 Å². The molecule has 1 atom stereocenters. The molecule has 0 saturated carbocycles. The third-order valence-corrected chi connectivity index (χ3v) is 2.80. The molecule has 0 aliphatic rings. The van der Waals surface area contributed by atoms with E-state index in [4.69, 9.17) is 19.3 Å². The van der Waals surface area contributed by atoms with Gasteiger partial charge in [-0.3, -0.25) is 4.79 Å². The van der Waals surface area contributed by atoms with Gasteiger partial charge >= 0.3 is 5.97 Å². The lowest BCUT2D eigenvalue weighted by Crippen LogP contribution is -2.07. The van der Waals surface area contributed by atoms with Gasteiger partial charge in [0.1, 0.15) is 17.2 Å². The van der Waals surface area contributed by atoms with Crippen LogP contribution in [0.4, 0.5) is 0 Å². The van der Waals surface area contributed by atoms with E-state index in [1.54, 1.807) is 18.2 Å². The van der Waals surface area contributed by atoms with Crippen molar-refractivity contribution >= 4 is 5.97 Å². The number of aliphatic carboxylic acids is 1. The molecular weight excluding hydrogens is 248 g/mol. The summed E-state index contributed by atoms with van der Waals surface area (Å²) in [4.78, 5) is 10.9. The number of ether oxygens (including phenoxy) is 3. The van der Waals surface area contributed by atoms with E-state index in [2.05, 4.69) is 6.58 Å². The quantitative estimate of drug-likeness (QED) is 0.768. The van der Waals surface area contributed by atoms with Crippen LogP contribution in [0.5, 0.6) is 17.2 Å². The molecule has 0 aliphatic carbocycles. The average Bonchev–Trinajstić information content (AvgIpc) is 2.42. The van der Waals surface area contributed by atoms with Crippen LogP contribution in [0.3, 0.4) is 0 Å². The van der Waals surface area contributed by atoms with Crippen molar-refractivity contribution in [2.24, 2.45) is 0 Å². The minimum Gasteiger partial charge on any atom is -0.496 e. The fourth-order valence-corrected chi connectivity index (χ4v) is 1.89. The van der Waals surface area contributed by atoms with Gasteiger partial charge in [-0.25, -0.2) is 0 Å². The van der Waals surface area contributed by atoms with Crippen LogP contribution in [0.2, 0.25) is 0 Å². The first-order chi connectivity index (χ1) is 9.07. The van der Waals surface area contributed by atoms with Crippen LogP contribution in [0.25, 0.3) is 0 Å². The van der Waals surface area contributed by atoms with Crippen molar-refractivity contribution in [3.63, 3.8) is 0 Å². The van der Waals surface area contributed by atoms with Crippen LogP contribution >= 0.6 is 0 Å². The molecule has 1 rings (SSSR count). The molecule has 5 nitrogen and oxygen atoms in total. The first-order valence-corrected chi connectivity index (χ1v) is 5.71. The second-order valence-corrected chi connectivity index (χ2v) is 3.89. The highest BCUT2D eigenvalue weighted by molar-refractivity contribution is 5.69. The zero-order chi connectivity index (χ0) is 14.4. The van der Waals surface area contributed by atoms with Crippen LogP contribution in [0.15, 0.2) is 24.8 Å². The van der Waals surface area contributed by atoms with Crippen LogP contribution in [-0.4, -0.2) is 32.4 Å². The van der Waals surface area contributed by atoms with Gasteiger partial charge in [-0.2, -0.15) is 0 Å². The Morgan fingerprint density at radius 2 is 1.79 bits per heavy atom. The normalized spacial score (nSPS) is 11.5. The number of hydrogen-bond acceptors (Lipinski definition) is 4. The number of carboxylic acid groups (broad SMARTS) is 1. The van der Waals surface area contributed by atoms with Gasteiger partial charge in [0.2, 0.25) is 0 Å². The van der Waals surface area contributed by atoms with Crippen molar-refractivity contribution in [3.8, 4) is 17.2 Å². The van der Waals surface area contributed by atoms with Gasteiger partial charge in [0.25, 0.3) is 0 Å². The molecule has 1 N–H and O–H groups in total. The zero-order valence-electron chi connectivity index (χ0n) is 11.3. The highest BCUT2D eigenvalue weighted by Crippen LogP contribution is 2.40. The highest BCUT2D eigenvalue weighted by Gasteiger charge is 2.22. The fraction of sp³-hybridized carbons (Fsp3) is 0.357. The number of rotatable bonds is 7. The lowest BCUT2D eigenvalue weighted by atomic mass is 9.93. The summed E-state index contributed by atoms with van der Waals surface area (Å²) in [5.74, 6) is 0.304. The predicted molar refractivity (Wildman–Crippen MR) is 71.3 cm³/mol. The molecule has 0 saturated heterocycles. The summed E-state index contributed by atoms with van der Waals surface area (Å²) in [7, 11) is 4.56. The molecule has 0 fully saturated rings. The molecule has 1 aromatic rings. The minimum absolute atomic E-state index is 0.0808. The number of allylic oxidation sites excluding steroid dienone is 1. The summed E-state index contributed by atoms with van der Waals surface area (Å²) in [5, 5.41) is 8.95. The van der Waals surface area contributed by atoms with Gasteiger partial charge < -0.3 is 19.3 Å². The van der Waals surface area contributed by atoms with Crippen LogP contribution in [0.1, 0.15) is 17.9 Å². The molecular formula is C14H18O5. The monoisotopic (exact) mass is 266 g/mol. The van der Waals surface area contributed by atoms with E-state index in [-0.39, 0.29) is 6.42 Å². The van der Waals surface area contributed by atoms with Crippen molar-refractivity contribution in [3.05, 3.63) is 30.4 Å². The molecule has 1 aromatic carbocycles. The molecule has 5 heteroatoms. The number of carbonyl (C=O) groups is 1. The Balaban J connectivity index is 3.36. The topological polar surface area (TPSA) is 65.0 Å². The number of hydrogen-bond donors (Lipinski definition) is 1. The van der Waals surface area contributed by atoms with Crippen LogP contribution in [-0.2, 0) is 4.79 Å². The molecule has 0 radical (unpaired) electrons. The summed E-state index contributed by atoms with van der Waals surface area (Å²) in [6.07, 6.45) is 1.49. The van der Waals surface area contributed by atoms with Crippen molar-refractivity contribution in [2.45, 2.75) is 12.3 Å². The predicted octanol–water partition coefficient (Wildman–Crippen LogP) is 2.46. The molecule has 0 aromatic heterocycles. The zero-order valence-corrected chi connectivity index (χ0v) is 11.3. The first-order valence-electron chi connectivity index (χ1n) is 5.71. The maximum atomic E-state index is 10.9. The van der Waals surface area contributed by atoms with Crippen molar-refractivity contribution < 1.29 is 24.1 Å².